The zero-order valence-electron chi connectivity index (χ0n) is 12.2. The van der Waals surface area contributed by atoms with E-state index in [1.54, 1.807) is 0 Å². The Kier molecular flexibility index (Phi) is 2.68. The highest BCUT2D eigenvalue weighted by Crippen LogP contribution is 2.40. The number of aryl methyl sites for hydroxylation is 1. The number of fused-ring (bicyclic) bond motifs is 1. The highest BCUT2D eigenvalue weighted by atomic mass is 15.1. The highest BCUT2D eigenvalue weighted by Gasteiger charge is 2.31. The normalized spacial score (nSPS) is 22.3. The standard InChI is InChI=1S/C17H23N3/c1-12-19-15-11-13(17(18)9-3-2-4-10-17)5-8-16(15)20(12)14-6-7-14/h5,8,11,14H,2-4,6-7,9-10,18H2,1H3. The van der Waals surface area contributed by atoms with Crippen LogP contribution in [0.15, 0.2) is 18.2 Å². The number of nitrogens with two attached hydrogens (primary N) is 1. The van der Waals surface area contributed by atoms with E-state index in [4.69, 9.17) is 10.7 Å². The highest BCUT2D eigenvalue weighted by molar-refractivity contribution is 5.77. The zero-order chi connectivity index (χ0) is 13.7. The van der Waals surface area contributed by atoms with Gasteiger partial charge in [0.1, 0.15) is 5.82 Å². The van der Waals surface area contributed by atoms with Gasteiger partial charge in [0.25, 0.3) is 0 Å². The molecule has 3 heteroatoms. The van der Waals surface area contributed by atoms with Gasteiger partial charge < -0.3 is 10.3 Å². The third kappa shape index (κ3) is 1.87. The molecule has 106 valence electrons. The van der Waals surface area contributed by atoms with Gasteiger partial charge in [-0.25, -0.2) is 4.98 Å². The van der Waals surface area contributed by atoms with Crippen LogP contribution in [0.2, 0.25) is 0 Å². The van der Waals surface area contributed by atoms with E-state index < -0.39 is 0 Å². The van der Waals surface area contributed by atoms with E-state index in [1.807, 2.05) is 0 Å². The topological polar surface area (TPSA) is 43.8 Å². The molecule has 1 aromatic heterocycles. The van der Waals surface area contributed by atoms with Gasteiger partial charge in [-0.15, -0.1) is 0 Å². The summed E-state index contributed by atoms with van der Waals surface area (Å²) < 4.78 is 2.41. The molecule has 0 bridgehead atoms. The second-order valence-corrected chi connectivity index (χ2v) is 6.68. The minimum Gasteiger partial charge on any atom is -0.325 e. The van der Waals surface area contributed by atoms with E-state index in [-0.39, 0.29) is 5.54 Å². The first-order valence-corrected chi connectivity index (χ1v) is 7.95. The summed E-state index contributed by atoms with van der Waals surface area (Å²) in [5.41, 5.74) is 10.2. The van der Waals surface area contributed by atoms with Crippen molar-refractivity contribution in [2.75, 3.05) is 0 Å². The molecule has 0 unspecified atom stereocenters. The van der Waals surface area contributed by atoms with Crippen molar-refractivity contribution in [2.45, 2.75) is 63.5 Å². The Morgan fingerprint density at radius 3 is 2.65 bits per heavy atom. The van der Waals surface area contributed by atoms with Crippen LogP contribution in [0.4, 0.5) is 0 Å². The van der Waals surface area contributed by atoms with Crippen molar-refractivity contribution in [1.82, 2.24) is 9.55 Å². The number of imidazole rings is 1. The fourth-order valence-corrected chi connectivity index (χ4v) is 3.79. The minimum atomic E-state index is -0.121. The second kappa shape index (κ2) is 4.32. The lowest BCUT2D eigenvalue weighted by Crippen LogP contribution is -2.38. The third-order valence-electron chi connectivity index (χ3n) is 5.10. The Morgan fingerprint density at radius 2 is 1.95 bits per heavy atom. The van der Waals surface area contributed by atoms with Crippen molar-refractivity contribution >= 4 is 11.0 Å². The Morgan fingerprint density at radius 1 is 1.20 bits per heavy atom. The largest absolute Gasteiger partial charge is 0.325 e. The molecule has 2 aliphatic rings. The molecule has 0 spiro atoms. The van der Waals surface area contributed by atoms with E-state index in [1.165, 1.54) is 43.2 Å². The van der Waals surface area contributed by atoms with Gasteiger partial charge in [-0.2, -0.15) is 0 Å². The molecule has 2 aromatic rings. The van der Waals surface area contributed by atoms with Gasteiger partial charge in [0.15, 0.2) is 0 Å². The van der Waals surface area contributed by atoms with Crippen LogP contribution in [0.3, 0.4) is 0 Å². The van der Waals surface area contributed by atoms with Gasteiger partial charge in [0.2, 0.25) is 0 Å². The Bertz CT molecular complexity index is 646. The Labute approximate surface area is 120 Å². The number of hydrogen-bond donors (Lipinski definition) is 1. The van der Waals surface area contributed by atoms with Crippen molar-refractivity contribution in [3.8, 4) is 0 Å². The summed E-state index contributed by atoms with van der Waals surface area (Å²) >= 11 is 0. The molecule has 4 rings (SSSR count). The summed E-state index contributed by atoms with van der Waals surface area (Å²) in [6.07, 6.45) is 8.66. The van der Waals surface area contributed by atoms with Crippen molar-refractivity contribution in [2.24, 2.45) is 5.73 Å². The molecule has 0 amide bonds. The molecule has 0 radical (unpaired) electrons. The molecule has 2 aliphatic carbocycles. The van der Waals surface area contributed by atoms with E-state index in [9.17, 15) is 0 Å². The SMILES string of the molecule is Cc1nc2cc(C3(N)CCCCC3)ccc2n1C1CC1. The summed E-state index contributed by atoms with van der Waals surface area (Å²) in [6.45, 7) is 2.12. The molecule has 1 aromatic carbocycles. The first-order chi connectivity index (χ1) is 9.67. The van der Waals surface area contributed by atoms with Crippen LogP contribution in [-0.2, 0) is 5.54 Å². The van der Waals surface area contributed by atoms with Gasteiger partial charge >= 0.3 is 0 Å². The summed E-state index contributed by atoms with van der Waals surface area (Å²) in [5.74, 6) is 1.15. The van der Waals surface area contributed by atoms with Crippen LogP contribution < -0.4 is 5.73 Å². The fourth-order valence-electron chi connectivity index (χ4n) is 3.79. The lowest BCUT2D eigenvalue weighted by Gasteiger charge is -2.34. The maximum absolute atomic E-state index is 6.65. The average molecular weight is 269 g/mol. The Hall–Kier alpha value is -1.35. The summed E-state index contributed by atoms with van der Waals surface area (Å²) in [5, 5.41) is 0. The lowest BCUT2D eigenvalue weighted by atomic mass is 9.77. The number of benzene rings is 1. The van der Waals surface area contributed by atoms with Crippen molar-refractivity contribution in [1.29, 1.82) is 0 Å². The van der Waals surface area contributed by atoms with Crippen LogP contribution in [0, 0.1) is 6.92 Å². The molecule has 2 fully saturated rings. The van der Waals surface area contributed by atoms with Crippen molar-refractivity contribution < 1.29 is 0 Å². The van der Waals surface area contributed by atoms with E-state index >= 15 is 0 Å². The molecule has 1 heterocycles. The van der Waals surface area contributed by atoms with Crippen molar-refractivity contribution in [3.63, 3.8) is 0 Å². The van der Waals surface area contributed by atoms with Crippen LogP contribution in [0.1, 0.15) is 62.4 Å². The molecule has 2 N–H and O–H groups in total. The molecule has 3 nitrogen and oxygen atoms in total. The smallest absolute Gasteiger partial charge is 0.106 e. The summed E-state index contributed by atoms with van der Waals surface area (Å²) in [4.78, 5) is 4.77. The maximum atomic E-state index is 6.65. The lowest BCUT2D eigenvalue weighted by molar-refractivity contribution is 0.302. The van der Waals surface area contributed by atoms with Gasteiger partial charge in [0, 0.05) is 11.6 Å². The van der Waals surface area contributed by atoms with Crippen LogP contribution >= 0.6 is 0 Å². The molecule has 0 atom stereocenters. The quantitative estimate of drug-likeness (QED) is 0.901. The third-order valence-corrected chi connectivity index (χ3v) is 5.10. The number of nitrogens with zero attached hydrogens (tertiary/aromatic N) is 2. The minimum absolute atomic E-state index is 0.121. The monoisotopic (exact) mass is 269 g/mol. The van der Waals surface area contributed by atoms with Crippen LogP contribution in [-0.4, -0.2) is 9.55 Å². The predicted molar refractivity (Wildman–Crippen MR) is 81.7 cm³/mol. The second-order valence-electron chi connectivity index (χ2n) is 6.68. The average Bonchev–Trinajstić information content (AvgIpc) is 3.21. The number of rotatable bonds is 2. The number of aromatic nitrogens is 2. The van der Waals surface area contributed by atoms with Gasteiger partial charge in [-0.1, -0.05) is 25.3 Å². The molecule has 0 aliphatic heterocycles. The molecular weight excluding hydrogens is 246 g/mol. The predicted octanol–water partition coefficient (Wildman–Crippen LogP) is 3.80. The van der Waals surface area contributed by atoms with Crippen LogP contribution in [0.5, 0.6) is 0 Å². The first kappa shape index (κ1) is 12.4. The van der Waals surface area contributed by atoms with E-state index in [0.717, 1.165) is 24.2 Å². The first-order valence-electron chi connectivity index (χ1n) is 7.95. The molecular formula is C17H23N3. The Balaban J connectivity index is 1.79. The van der Waals surface area contributed by atoms with Gasteiger partial charge in [-0.3, -0.25) is 0 Å². The summed E-state index contributed by atoms with van der Waals surface area (Å²) in [7, 11) is 0. The fraction of sp³-hybridized carbons (Fsp3) is 0.588. The molecule has 2 saturated carbocycles. The van der Waals surface area contributed by atoms with Crippen molar-refractivity contribution in [3.05, 3.63) is 29.6 Å². The van der Waals surface area contributed by atoms with Gasteiger partial charge in [0.05, 0.1) is 11.0 Å². The zero-order valence-corrected chi connectivity index (χ0v) is 12.2. The summed E-state index contributed by atoms with van der Waals surface area (Å²) in [6, 6.07) is 7.42. The maximum Gasteiger partial charge on any atom is 0.106 e. The van der Waals surface area contributed by atoms with Crippen LogP contribution in [0.25, 0.3) is 11.0 Å². The molecule has 20 heavy (non-hydrogen) atoms. The van der Waals surface area contributed by atoms with E-state index in [2.05, 4.69) is 29.7 Å². The number of hydrogen-bond acceptors (Lipinski definition) is 2. The molecule has 0 saturated heterocycles. The van der Waals surface area contributed by atoms with E-state index in [0.29, 0.717) is 6.04 Å². The van der Waals surface area contributed by atoms with Gasteiger partial charge in [-0.05, 0) is 50.3 Å².